The van der Waals surface area contributed by atoms with Crippen molar-refractivity contribution < 1.29 is 0 Å². The largest absolute Gasteiger partial charge is 0.314 e. The first-order chi connectivity index (χ1) is 10.2. The molecule has 1 saturated heterocycles. The summed E-state index contributed by atoms with van der Waals surface area (Å²) < 4.78 is 1.01. The first kappa shape index (κ1) is 17.7. The van der Waals surface area contributed by atoms with Crippen molar-refractivity contribution in [1.29, 1.82) is 0 Å². The highest BCUT2D eigenvalue weighted by Gasteiger charge is 2.24. The number of halogens is 3. The molecule has 0 bridgehead atoms. The van der Waals surface area contributed by atoms with Crippen molar-refractivity contribution >= 4 is 39.9 Å². The van der Waals surface area contributed by atoms with E-state index in [9.17, 15) is 0 Å². The smallest absolute Gasteiger partial charge is 0.0492 e. The Morgan fingerprint density at radius 1 is 1.36 bits per heavy atom. The van der Waals surface area contributed by atoms with Crippen molar-refractivity contribution in [1.82, 2.24) is 15.2 Å². The fourth-order valence-electron chi connectivity index (χ4n) is 2.71. The van der Waals surface area contributed by atoms with Crippen LogP contribution in [-0.4, -0.2) is 29.5 Å². The Kier molecular flexibility index (Phi) is 6.66. The molecule has 0 saturated carbocycles. The normalized spacial score (nSPS) is 18.7. The van der Waals surface area contributed by atoms with Gasteiger partial charge >= 0.3 is 0 Å². The number of piperazine rings is 1. The zero-order valence-corrected chi connectivity index (χ0v) is 15.2. The molecule has 1 aromatic heterocycles. The molecule has 1 aromatic carbocycles. The lowest BCUT2D eigenvalue weighted by molar-refractivity contribution is 0.153. The first-order valence-corrected chi connectivity index (χ1v) is 8.20. The number of nitrogens with one attached hydrogen (secondary N) is 1. The molecule has 1 aliphatic heterocycles. The number of hydrogen-bond acceptors (Lipinski definition) is 3. The minimum Gasteiger partial charge on any atom is -0.314 e. The predicted molar refractivity (Wildman–Crippen MR) is 96.7 cm³/mol. The van der Waals surface area contributed by atoms with E-state index in [1.54, 1.807) is 0 Å². The number of nitrogens with zero attached hydrogens (tertiary/aromatic N) is 2. The number of aromatic nitrogens is 1. The molecule has 0 aliphatic carbocycles. The van der Waals surface area contributed by atoms with E-state index < -0.39 is 0 Å². The molecular weight excluding hydrogens is 385 g/mol. The lowest BCUT2D eigenvalue weighted by Crippen LogP contribution is -2.45. The highest BCUT2D eigenvalue weighted by Crippen LogP contribution is 2.27. The Morgan fingerprint density at radius 2 is 2.23 bits per heavy atom. The highest BCUT2D eigenvalue weighted by atomic mass is 79.9. The SMILES string of the molecule is Cl.Clc1cc(Br)ccc1CN1CCNCC1c1cccnc1. The standard InChI is InChI=1S/C16H17BrClN3.ClH/c17-14-4-3-13(15(18)8-14)11-21-7-6-20-10-16(21)12-2-1-5-19-9-12;/h1-5,8-9,16,20H,6-7,10-11H2;1H. The van der Waals surface area contributed by atoms with Crippen molar-refractivity contribution in [2.45, 2.75) is 12.6 Å². The van der Waals surface area contributed by atoms with Crippen LogP contribution in [0.25, 0.3) is 0 Å². The van der Waals surface area contributed by atoms with Gasteiger partial charge in [-0.1, -0.05) is 39.7 Å². The summed E-state index contributed by atoms with van der Waals surface area (Å²) in [6.07, 6.45) is 3.77. The average Bonchev–Trinajstić information content (AvgIpc) is 2.51. The third kappa shape index (κ3) is 4.21. The van der Waals surface area contributed by atoms with Gasteiger partial charge in [0.05, 0.1) is 0 Å². The first-order valence-electron chi connectivity index (χ1n) is 7.02. The van der Waals surface area contributed by atoms with E-state index in [1.807, 2.05) is 30.6 Å². The molecule has 118 valence electrons. The molecule has 0 spiro atoms. The van der Waals surface area contributed by atoms with Gasteiger partial charge in [-0.3, -0.25) is 9.88 Å². The van der Waals surface area contributed by atoms with Gasteiger partial charge in [0.2, 0.25) is 0 Å². The molecular formula is C16H18BrCl2N3. The van der Waals surface area contributed by atoms with Crippen LogP contribution in [0.4, 0.5) is 0 Å². The molecule has 1 aliphatic rings. The molecule has 1 atom stereocenters. The molecule has 0 amide bonds. The fourth-order valence-corrected chi connectivity index (χ4v) is 3.44. The third-order valence-electron chi connectivity index (χ3n) is 3.81. The van der Waals surface area contributed by atoms with Gasteiger partial charge in [-0.2, -0.15) is 0 Å². The lowest BCUT2D eigenvalue weighted by Gasteiger charge is -2.36. The minimum absolute atomic E-state index is 0. The number of pyridine rings is 1. The molecule has 2 aromatic rings. The van der Waals surface area contributed by atoms with Crippen molar-refractivity contribution in [3.63, 3.8) is 0 Å². The zero-order valence-electron chi connectivity index (χ0n) is 12.0. The number of rotatable bonds is 3. The fraction of sp³-hybridized carbons (Fsp3) is 0.312. The van der Waals surface area contributed by atoms with E-state index in [2.05, 4.69) is 43.3 Å². The molecule has 0 radical (unpaired) electrons. The predicted octanol–water partition coefficient (Wildman–Crippen LogP) is 4.07. The van der Waals surface area contributed by atoms with Gasteiger partial charge in [-0.15, -0.1) is 12.4 Å². The minimum atomic E-state index is 0. The summed E-state index contributed by atoms with van der Waals surface area (Å²) in [5.41, 5.74) is 2.41. The van der Waals surface area contributed by atoms with Gasteiger partial charge in [0.25, 0.3) is 0 Å². The zero-order chi connectivity index (χ0) is 14.7. The Hall–Kier alpha value is -0.650. The summed E-state index contributed by atoms with van der Waals surface area (Å²) in [5, 5.41) is 4.28. The van der Waals surface area contributed by atoms with Gasteiger partial charge in [-0.05, 0) is 29.3 Å². The topological polar surface area (TPSA) is 28.2 Å². The number of benzene rings is 1. The second-order valence-corrected chi connectivity index (χ2v) is 6.54. The van der Waals surface area contributed by atoms with Gasteiger partial charge in [0.15, 0.2) is 0 Å². The van der Waals surface area contributed by atoms with Crippen LogP contribution in [0.15, 0.2) is 47.2 Å². The highest BCUT2D eigenvalue weighted by molar-refractivity contribution is 9.10. The van der Waals surface area contributed by atoms with Crippen LogP contribution < -0.4 is 5.32 Å². The van der Waals surface area contributed by atoms with Crippen molar-refractivity contribution in [2.75, 3.05) is 19.6 Å². The summed E-state index contributed by atoms with van der Waals surface area (Å²) in [5.74, 6) is 0. The van der Waals surface area contributed by atoms with E-state index in [0.717, 1.165) is 41.2 Å². The summed E-state index contributed by atoms with van der Waals surface area (Å²) in [6, 6.07) is 10.6. The van der Waals surface area contributed by atoms with Crippen LogP contribution >= 0.6 is 39.9 Å². The monoisotopic (exact) mass is 401 g/mol. The van der Waals surface area contributed by atoms with Crippen LogP contribution in [0.3, 0.4) is 0 Å². The summed E-state index contributed by atoms with van der Waals surface area (Å²) >= 11 is 9.81. The van der Waals surface area contributed by atoms with Crippen LogP contribution in [0, 0.1) is 0 Å². The molecule has 3 nitrogen and oxygen atoms in total. The van der Waals surface area contributed by atoms with E-state index >= 15 is 0 Å². The molecule has 1 fully saturated rings. The summed E-state index contributed by atoms with van der Waals surface area (Å²) in [4.78, 5) is 6.70. The van der Waals surface area contributed by atoms with E-state index in [-0.39, 0.29) is 12.4 Å². The summed E-state index contributed by atoms with van der Waals surface area (Å²) in [7, 11) is 0. The maximum atomic E-state index is 6.36. The summed E-state index contributed by atoms with van der Waals surface area (Å²) in [6.45, 7) is 3.81. The van der Waals surface area contributed by atoms with Crippen LogP contribution in [-0.2, 0) is 6.54 Å². The van der Waals surface area contributed by atoms with Crippen molar-refractivity contribution in [2.24, 2.45) is 0 Å². The Morgan fingerprint density at radius 3 is 2.95 bits per heavy atom. The van der Waals surface area contributed by atoms with Crippen molar-refractivity contribution in [3.05, 3.63) is 63.3 Å². The Labute approximate surface area is 150 Å². The van der Waals surface area contributed by atoms with E-state index in [1.165, 1.54) is 5.56 Å². The lowest BCUT2D eigenvalue weighted by atomic mass is 10.0. The van der Waals surface area contributed by atoms with Gasteiger partial charge < -0.3 is 5.32 Å². The van der Waals surface area contributed by atoms with E-state index in [4.69, 9.17) is 11.6 Å². The average molecular weight is 403 g/mol. The maximum Gasteiger partial charge on any atom is 0.0492 e. The van der Waals surface area contributed by atoms with Crippen LogP contribution in [0.1, 0.15) is 17.2 Å². The van der Waals surface area contributed by atoms with Gasteiger partial charge in [-0.25, -0.2) is 0 Å². The molecule has 22 heavy (non-hydrogen) atoms. The molecule has 3 rings (SSSR count). The second-order valence-electron chi connectivity index (χ2n) is 5.21. The second kappa shape index (κ2) is 8.27. The van der Waals surface area contributed by atoms with Crippen LogP contribution in [0.5, 0.6) is 0 Å². The van der Waals surface area contributed by atoms with E-state index in [0.29, 0.717) is 6.04 Å². The quantitative estimate of drug-likeness (QED) is 0.838. The van der Waals surface area contributed by atoms with Gasteiger partial charge in [0.1, 0.15) is 0 Å². The van der Waals surface area contributed by atoms with Gasteiger partial charge in [0, 0.05) is 54.1 Å². The van der Waals surface area contributed by atoms with Crippen LogP contribution in [0.2, 0.25) is 5.02 Å². The Bertz CT molecular complexity index is 610. The molecule has 1 unspecified atom stereocenters. The third-order valence-corrected chi connectivity index (χ3v) is 4.66. The molecule has 2 heterocycles. The number of hydrogen-bond donors (Lipinski definition) is 1. The maximum absolute atomic E-state index is 6.36. The van der Waals surface area contributed by atoms with Crippen molar-refractivity contribution in [3.8, 4) is 0 Å². The Balaban J connectivity index is 0.00000176. The molecule has 1 N–H and O–H groups in total. The molecule has 6 heteroatoms.